The van der Waals surface area contributed by atoms with Gasteiger partial charge in [0.05, 0.1) is 42.4 Å². The summed E-state index contributed by atoms with van der Waals surface area (Å²) in [5.41, 5.74) is 0.991. The van der Waals surface area contributed by atoms with Crippen LogP contribution in [0.1, 0.15) is 0 Å². The average Bonchev–Trinajstić information content (AvgIpc) is 3.13. The monoisotopic (exact) mass is 303 g/mol. The van der Waals surface area contributed by atoms with Crippen LogP contribution >= 0.6 is 0 Å². The van der Waals surface area contributed by atoms with E-state index in [9.17, 15) is 9.18 Å². The van der Waals surface area contributed by atoms with E-state index in [4.69, 9.17) is 9.47 Å². The Kier molecular flexibility index (Phi) is 2.98. The van der Waals surface area contributed by atoms with Crippen molar-refractivity contribution in [1.29, 1.82) is 0 Å². The number of rotatable bonds is 2. The van der Waals surface area contributed by atoms with E-state index in [2.05, 4.69) is 5.10 Å². The molecule has 0 unspecified atom stereocenters. The molecule has 1 fully saturated rings. The fourth-order valence-corrected chi connectivity index (χ4v) is 2.94. The summed E-state index contributed by atoms with van der Waals surface area (Å²) in [6.07, 6.45) is 1.05. The lowest BCUT2D eigenvalue weighted by molar-refractivity contribution is -0.0522. The molecule has 2 aromatic heterocycles. The highest BCUT2D eigenvalue weighted by molar-refractivity contribution is 6.03. The van der Waals surface area contributed by atoms with E-state index in [0.717, 1.165) is 5.39 Å². The first-order valence-corrected chi connectivity index (χ1v) is 7.02. The first-order chi connectivity index (χ1) is 10.6. The molecule has 3 aromatic rings. The molecule has 22 heavy (non-hydrogen) atoms. The molecular weight excluding hydrogens is 289 g/mol. The van der Waals surface area contributed by atoms with Crippen molar-refractivity contribution in [3.8, 4) is 0 Å². The van der Waals surface area contributed by atoms with Crippen molar-refractivity contribution >= 4 is 21.8 Å². The number of ether oxygens (including phenoxy) is 2. The molecule has 0 radical (unpaired) electrons. The van der Waals surface area contributed by atoms with Gasteiger partial charge in [-0.3, -0.25) is 9.48 Å². The van der Waals surface area contributed by atoms with Gasteiger partial charge in [0.2, 0.25) is 0 Å². The summed E-state index contributed by atoms with van der Waals surface area (Å²) in [5.74, 6) is -0.393. The first-order valence-electron chi connectivity index (χ1n) is 7.02. The van der Waals surface area contributed by atoms with Crippen LogP contribution in [0.3, 0.4) is 0 Å². The van der Waals surface area contributed by atoms with Crippen molar-refractivity contribution in [3.63, 3.8) is 0 Å². The minimum Gasteiger partial charge on any atom is -0.348 e. The fraction of sp³-hybridized carbons (Fsp3) is 0.333. The van der Waals surface area contributed by atoms with E-state index >= 15 is 0 Å². The van der Waals surface area contributed by atoms with E-state index in [1.807, 2.05) is 0 Å². The molecule has 1 aliphatic rings. The maximum absolute atomic E-state index is 13.7. The van der Waals surface area contributed by atoms with Gasteiger partial charge in [-0.05, 0) is 18.2 Å². The molecule has 0 bridgehead atoms. The Morgan fingerprint density at radius 2 is 2.09 bits per heavy atom. The SMILES string of the molecule is Cn1ncc2c(=O)n(CC3OCCO3)c3cc(F)ccc3c21. The van der Waals surface area contributed by atoms with Crippen LogP contribution in [0, 0.1) is 5.82 Å². The smallest absolute Gasteiger partial charge is 0.262 e. The molecular formula is C15H14FN3O3. The quantitative estimate of drug-likeness (QED) is 0.718. The largest absolute Gasteiger partial charge is 0.348 e. The summed E-state index contributed by atoms with van der Waals surface area (Å²) in [6, 6.07) is 4.41. The standard InChI is InChI=1S/C15H14FN3O3/c1-18-14-10-3-2-9(16)6-12(10)19(8-13-21-4-5-22-13)15(20)11(14)7-17-18/h2-3,6-7,13H,4-5,8H2,1H3. The molecule has 0 aliphatic carbocycles. The van der Waals surface area contributed by atoms with Crippen molar-refractivity contribution in [2.45, 2.75) is 12.8 Å². The van der Waals surface area contributed by atoms with Crippen molar-refractivity contribution < 1.29 is 13.9 Å². The average molecular weight is 303 g/mol. The molecule has 0 spiro atoms. The Labute approximate surface area is 124 Å². The molecule has 1 aliphatic heterocycles. The summed E-state index contributed by atoms with van der Waals surface area (Å²) in [5, 5.41) is 5.42. The number of hydrogen-bond donors (Lipinski definition) is 0. The van der Waals surface area contributed by atoms with Crippen LogP contribution in [0.5, 0.6) is 0 Å². The summed E-state index contributed by atoms with van der Waals surface area (Å²) >= 11 is 0. The Morgan fingerprint density at radius 1 is 1.32 bits per heavy atom. The summed E-state index contributed by atoms with van der Waals surface area (Å²) in [7, 11) is 1.76. The second kappa shape index (κ2) is 4.89. The maximum atomic E-state index is 13.7. The van der Waals surface area contributed by atoms with Crippen LogP contribution in [-0.4, -0.2) is 33.9 Å². The van der Waals surface area contributed by atoms with Gasteiger partial charge in [0, 0.05) is 12.4 Å². The van der Waals surface area contributed by atoms with Gasteiger partial charge in [0.25, 0.3) is 5.56 Å². The lowest BCUT2D eigenvalue weighted by Gasteiger charge is -2.15. The van der Waals surface area contributed by atoms with Crippen LogP contribution in [0.25, 0.3) is 21.8 Å². The molecule has 1 saturated heterocycles. The van der Waals surface area contributed by atoms with Gasteiger partial charge >= 0.3 is 0 Å². The zero-order chi connectivity index (χ0) is 15.3. The van der Waals surface area contributed by atoms with Crippen LogP contribution in [0.2, 0.25) is 0 Å². The Hall–Kier alpha value is -2.25. The van der Waals surface area contributed by atoms with Gasteiger partial charge in [0.1, 0.15) is 5.82 Å². The second-order valence-electron chi connectivity index (χ2n) is 5.28. The molecule has 0 N–H and O–H groups in total. The number of hydrogen-bond acceptors (Lipinski definition) is 4. The molecule has 4 rings (SSSR count). The van der Waals surface area contributed by atoms with Gasteiger partial charge in [-0.2, -0.15) is 5.10 Å². The van der Waals surface area contributed by atoms with Crippen LogP contribution in [0.4, 0.5) is 4.39 Å². The summed E-state index contributed by atoms with van der Waals surface area (Å²) < 4.78 is 27.6. The minimum absolute atomic E-state index is 0.222. The molecule has 6 nitrogen and oxygen atoms in total. The van der Waals surface area contributed by atoms with Crippen molar-refractivity contribution in [1.82, 2.24) is 14.3 Å². The number of fused-ring (bicyclic) bond motifs is 3. The van der Waals surface area contributed by atoms with Crippen molar-refractivity contribution in [2.24, 2.45) is 7.05 Å². The third kappa shape index (κ3) is 1.93. The normalized spacial score (nSPS) is 16.1. The molecule has 3 heterocycles. The highest BCUT2D eigenvalue weighted by Crippen LogP contribution is 2.23. The predicted octanol–water partition coefficient (Wildman–Crippen LogP) is 1.40. The van der Waals surface area contributed by atoms with Crippen molar-refractivity contribution in [3.05, 3.63) is 40.6 Å². The summed E-state index contributed by atoms with van der Waals surface area (Å²) in [6.45, 7) is 1.23. The third-order valence-electron chi connectivity index (χ3n) is 3.94. The molecule has 114 valence electrons. The van der Waals surface area contributed by atoms with E-state index in [1.165, 1.54) is 22.9 Å². The molecule has 0 amide bonds. The molecule has 0 atom stereocenters. The Morgan fingerprint density at radius 3 is 2.86 bits per heavy atom. The number of aromatic nitrogens is 3. The molecule has 0 saturated carbocycles. The number of aryl methyl sites for hydroxylation is 1. The maximum Gasteiger partial charge on any atom is 0.262 e. The lowest BCUT2D eigenvalue weighted by Crippen LogP contribution is -2.27. The van der Waals surface area contributed by atoms with Gasteiger partial charge in [0.15, 0.2) is 6.29 Å². The van der Waals surface area contributed by atoms with Crippen LogP contribution < -0.4 is 5.56 Å². The van der Waals surface area contributed by atoms with Crippen LogP contribution in [-0.2, 0) is 23.1 Å². The van der Waals surface area contributed by atoms with Gasteiger partial charge in [-0.15, -0.1) is 0 Å². The predicted molar refractivity (Wildman–Crippen MR) is 78.1 cm³/mol. The number of nitrogens with zero attached hydrogens (tertiary/aromatic N) is 3. The number of pyridine rings is 1. The highest BCUT2D eigenvalue weighted by atomic mass is 19.1. The fourth-order valence-electron chi connectivity index (χ4n) is 2.94. The van der Waals surface area contributed by atoms with Gasteiger partial charge < -0.3 is 14.0 Å². The van der Waals surface area contributed by atoms with E-state index in [0.29, 0.717) is 29.6 Å². The topological polar surface area (TPSA) is 58.3 Å². The van der Waals surface area contributed by atoms with Crippen molar-refractivity contribution in [2.75, 3.05) is 13.2 Å². The van der Waals surface area contributed by atoms with Crippen LogP contribution in [0.15, 0.2) is 29.2 Å². The minimum atomic E-state index is -0.488. The highest BCUT2D eigenvalue weighted by Gasteiger charge is 2.21. The van der Waals surface area contributed by atoms with Gasteiger partial charge in [-0.25, -0.2) is 4.39 Å². The Bertz CT molecular complexity index is 925. The van der Waals surface area contributed by atoms with Gasteiger partial charge in [-0.1, -0.05) is 0 Å². The van der Waals surface area contributed by atoms with E-state index in [1.54, 1.807) is 17.8 Å². The first kappa shape index (κ1) is 13.4. The zero-order valence-electron chi connectivity index (χ0n) is 12.0. The zero-order valence-corrected chi connectivity index (χ0v) is 12.0. The summed E-state index contributed by atoms with van der Waals surface area (Å²) in [4.78, 5) is 12.7. The number of halogens is 1. The number of benzene rings is 1. The Balaban J connectivity index is 2.05. The third-order valence-corrected chi connectivity index (χ3v) is 3.94. The van der Waals surface area contributed by atoms with E-state index < -0.39 is 12.1 Å². The molecule has 7 heteroatoms. The van der Waals surface area contributed by atoms with E-state index in [-0.39, 0.29) is 12.1 Å². The molecule has 1 aromatic carbocycles. The second-order valence-corrected chi connectivity index (χ2v) is 5.28. The lowest BCUT2D eigenvalue weighted by atomic mass is 10.1.